The van der Waals surface area contributed by atoms with Crippen LogP contribution in [0.4, 0.5) is 26.3 Å². The molecule has 0 spiro atoms. The first-order valence-electron chi connectivity index (χ1n) is 9.10. The highest BCUT2D eigenvalue weighted by atomic mass is 32.2. The molecule has 170 valence electrons. The summed E-state index contributed by atoms with van der Waals surface area (Å²) >= 11 is 0.177. The van der Waals surface area contributed by atoms with Crippen molar-refractivity contribution in [1.82, 2.24) is 9.78 Å². The molecule has 0 atom stereocenters. The Labute approximate surface area is 183 Å². The van der Waals surface area contributed by atoms with Gasteiger partial charge < -0.3 is 4.74 Å². The van der Waals surface area contributed by atoms with Crippen molar-refractivity contribution in [2.75, 3.05) is 0 Å². The van der Waals surface area contributed by atoms with Gasteiger partial charge in [0, 0.05) is 0 Å². The Balaban J connectivity index is 2.14. The second-order valence-corrected chi connectivity index (χ2v) is 8.72. The van der Waals surface area contributed by atoms with E-state index in [1.54, 1.807) is 20.8 Å². The minimum Gasteiger partial charge on any atom is -0.403 e. The molecule has 4 nitrogen and oxygen atoms in total. The smallest absolute Gasteiger partial charge is 0.344 e. The largest absolute Gasteiger partial charge is 0.403 e. The lowest BCUT2D eigenvalue weighted by atomic mass is 10.1. The molecule has 11 heteroatoms. The Kier molecular flexibility index (Phi) is 6.32. The molecule has 0 radical (unpaired) electrons. The van der Waals surface area contributed by atoms with Crippen LogP contribution in [0.3, 0.4) is 0 Å². The number of carbonyl (C=O) groups excluding carboxylic acids is 1. The number of hydrogen-bond acceptors (Lipinski definition) is 4. The minimum atomic E-state index is -2.29. The van der Waals surface area contributed by atoms with Crippen LogP contribution in [-0.4, -0.2) is 15.7 Å². The molecule has 3 rings (SSSR count). The van der Waals surface area contributed by atoms with Gasteiger partial charge in [-0.1, -0.05) is 17.8 Å². The molecule has 32 heavy (non-hydrogen) atoms. The molecule has 0 fully saturated rings. The topological polar surface area (TPSA) is 44.1 Å². The molecular formula is C21H16F6N2O2S. The highest BCUT2D eigenvalue weighted by Gasteiger charge is 2.32. The average molecular weight is 474 g/mol. The summed E-state index contributed by atoms with van der Waals surface area (Å²) in [6.45, 7) is 6.47. The maximum atomic E-state index is 14.2. The summed E-state index contributed by atoms with van der Waals surface area (Å²) in [6, 6.07) is 4.60. The Bertz CT molecular complexity index is 1190. The van der Waals surface area contributed by atoms with E-state index in [9.17, 15) is 31.1 Å². The van der Waals surface area contributed by atoms with E-state index in [0.717, 1.165) is 12.1 Å². The van der Waals surface area contributed by atoms with Crippen molar-refractivity contribution >= 4 is 17.7 Å². The van der Waals surface area contributed by atoms with E-state index in [2.05, 4.69) is 5.10 Å². The lowest BCUT2D eigenvalue weighted by Gasteiger charge is -2.22. The van der Waals surface area contributed by atoms with Gasteiger partial charge in [0.15, 0.2) is 23.3 Å². The van der Waals surface area contributed by atoms with Crippen molar-refractivity contribution in [3.63, 3.8) is 0 Å². The van der Waals surface area contributed by atoms with Crippen LogP contribution in [-0.2, 0) is 5.54 Å². The van der Waals surface area contributed by atoms with Crippen LogP contribution in [0.2, 0.25) is 0 Å². The summed E-state index contributed by atoms with van der Waals surface area (Å²) in [5.41, 5.74) is -0.857. The van der Waals surface area contributed by atoms with Crippen LogP contribution < -0.4 is 4.74 Å². The van der Waals surface area contributed by atoms with Crippen molar-refractivity contribution in [2.24, 2.45) is 0 Å². The molecule has 0 amide bonds. The van der Waals surface area contributed by atoms with Crippen molar-refractivity contribution in [3.8, 4) is 5.88 Å². The van der Waals surface area contributed by atoms with Crippen LogP contribution in [0.15, 0.2) is 34.1 Å². The van der Waals surface area contributed by atoms with E-state index in [4.69, 9.17) is 4.74 Å². The predicted octanol–water partition coefficient (Wildman–Crippen LogP) is 6.15. The summed E-state index contributed by atoms with van der Waals surface area (Å²) < 4.78 is 89.3. The number of aromatic nitrogens is 2. The van der Waals surface area contributed by atoms with Gasteiger partial charge in [0.05, 0.1) is 26.6 Å². The molecular weight excluding hydrogens is 458 g/mol. The van der Waals surface area contributed by atoms with Gasteiger partial charge in [-0.15, -0.1) is 0 Å². The zero-order valence-corrected chi connectivity index (χ0v) is 18.0. The Morgan fingerprint density at radius 2 is 1.50 bits per heavy atom. The fourth-order valence-electron chi connectivity index (χ4n) is 2.69. The van der Waals surface area contributed by atoms with Crippen LogP contribution >= 0.6 is 11.8 Å². The molecule has 0 aliphatic heterocycles. The number of carbonyl (C=O) groups is 1. The van der Waals surface area contributed by atoms with Gasteiger partial charge in [-0.2, -0.15) is 5.10 Å². The minimum absolute atomic E-state index is 0.107. The van der Waals surface area contributed by atoms with E-state index in [0.29, 0.717) is 0 Å². The number of hydrogen-bond donors (Lipinski definition) is 0. The van der Waals surface area contributed by atoms with Gasteiger partial charge in [0.25, 0.3) is 0 Å². The van der Waals surface area contributed by atoms with Gasteiger partial charge in [0.1, 0.15) is 5.82 Å². The molecule has 1 heterocycles. The standard InChI is InChI=1S/C21H16F6N2O2S/c1-9-17(32-18-15(26)13(24)12(23)14(25)16(18)27)19(29(28-9)21(2,3)4)31-20(30)10-6-5-7-11(22)8-10/h5-8H,1-4H3. The summed E-state index contributed by atoms with van der Waals surface area (Å²) in [5, 5.41) is 4.20. The van der Waals surface area contributed by atoms with Gasteiger partial charge in [-0.05, 0) is 45.9 Å². The quantitative estimate of drug-likeness (QED) is 0.197. The third-order valence-corrected chi connectivity index (χ3v) is 5.46. The van der Waals surface area contributed by atoms with Crippen LogP contribution in [0.5, 0.6) is 5.88 Å². The summed E-state index contributed by atoms with van der Waals surface area (Å²) in [6.07, 6.45) is 0. The molecule has 0 saturated carbocycles. The van der Waals surface area contributed by atoms with Crippen LogP contribution in [0.1, 0.15) is 36.8 Å². The number of ether oxygens (including phenoxy) is 1. The molecule has 0 saturated heterocycles. The van der Waals surface area contributed by atoms with E-state index < -0.39 is 51.3 Å². The number of rotatable bonds is 4. The third kappa shape index (κ3) is 4.34. The number of esters is 1. The number of benzene rings is 2. The lowest BCUT2D eigenvalue weighted by Crippen LogP contribution is -2.25. The highest BCUT2D eigenvalue weighted by molar-refractivity contribution is 7.99. The van der Waals surface area contributed by atoms with E-state index >= 15 is 0 Å². The second kappa shape index (κ2) is 8.53. The molecule has 0 aliphatic carbocycles. The van der Waals surface area contributed by atoms with Crippen molar-refractivity contribution in [2.45, 2.75) is 43.0 Å². The van der Waals surface area contributed by atoms with Crippen molar-refractivity contribution < 1.29 is 35.9 Å². The predicted molar refractivity (Wildman–Crippen MR) is 104 cm³/mol. The molecule has 2 aromatic carbocycles. The normalized spacial score (nSPS) is 11.7. The fraction of sp³-hybridized carbons (Fsp3) is 0.238. The Hall–Kier alpha value is -2.95. The highest BCUT2D eigenvalue weighted by Crippen LogP contribution is 2.43. The van der Waals surface area contributed by atoms with Gasteiger partial charge in [0.2, 0.25) is 11.7 Å². The van der Waals surface area contributed by atoms with Gasteiger partial charge in [-0.25, -0.2) is 35.8 Å². The molecule has 0 N–H and O–H groups in total. The van der Waals surface area contributed by atoms with Crippen molar-refractivity contribution in [1.29, 1.82) is 0 Å². The first kappa shape index (κ1) is 23.7. The zero-order chi connectivity index (χ0) is 24.0. The third-order valence-electron chi connectivity index (χ3n) is 4.22. The van der Waals surface area contributed by atoms with Crippen molar-refractivity contribution in [3.05, 3.63) is 70.4 Å². The molecule has 3 aromatic rings. The molecule has 0 bridgehead atoms. The molecule has 1 aromatic heterocycles. The summed E-state index contributed by atoms with van der Waals surface area (Å²) in [5.74, 6) is -12.6. The molecule has 0 aliphatic rings. The van der Waals surface area contributed by atoms with E-state index in [1.807, 2.05) is 0 Å². The first-order valence-corrected chi connectivity index (χ1v) is 9.91. The average Bonchev–Trinajstić information content (AvgIpc) is 3.03. The van der Waals surface area contributed by atoms with Crippen LogP contribution in [0, 0.1) is 41.8 Å². The monoisotopic (exact) mass is 474 g/mol. The fourth-order valence-corrected chi connectivity index (χ4v) is 3.66. The SMILES string of the molecule is Cc1nn(C(C)(C)C)c(OC(=O)c2cccc(F)c2)c1Sc1c(F)c(F)c(F)c(F)c1F. The summed E-state index contributed by atoms with van der Waals surface area (Å²) in [7, 11) is 0. The van der Waals surface area contributed by atoms with Gasteiger partial charge >= 0.3 is 5.97 Å². The van der Waals surface area contributed by atoms with Gasteiger partial charge in [-0.3, -0.25) is 0 Å². The van der Waals surface area contributed by atoms with E-state index in [1.165, 1.54) is 23.7 Å². The number of aryl methyl sites for hydroxylation is 1. The lowest BCUT2D eigenvalue weighted by molar-refractivity contribution is 0.0703. The first-order chi connectivity index (χ1) is 14.8. The van der Waals surface area contributed by atoms with Crippen LogP contribution in [0.25, 0.3) is 0 Å². The van der Waals surface area contributed by atoms with E-state index in [-0.39, 0.29) is 33.8 Å². The summed E-state index contributed by atoms with van der Waals surface area (Å²) in [4.78, 5) is 11.3. The second-order valence-electron chi connectivity index (χ2n) is 7.70. The maximum Gasteiger partial charge on any atom is 0.344 e. The number of halogens is 6. The Morgan fingerprint density at radius 3 is 2.03 bits per heavy atom. The zero-order valence-electron chi connectivity index (χ0n) is 17.2. The maximum absolute atomic E-state index is 14.2. The molecule has 0 unspecified atom stereocenters. The number of nitrogens with zero attached hydrogens (tertiary/aromatic N) is 2. The Morgan fingerprint density at radius 1 is 0.938 bits per heavy atom.